The molecule has 4 unspecified atom stereocenters. The number of rotatable bonds is 5. The Balaban J connectivity index is 1.86. The molecule has 0 aromatic heterocycles. The highest BCUT2D eigenvalue weighted by molar-refractivity contribution is 5.74. The number of aliphatic hydroxyl groups excluding tert-OH is 1. The molecule has 0 amide bonds. The van der Waals surface area contributed by atoms with E-state index in [0.29, 0.717) is 5.92 Å². The summed E-state index contributed by atoms with van der Waals surface area (Å²) in [4.78, 5) is 11.8. The summed E-state index contributed by atoms with van der Waals surface area (Å²) in [6, 6.07) is 0. The fraction of sp³-hybridized carbons (Fsp3) is 0.750. The number of fused-ring (bicyclic) bond motifs is 2. The van der Waals surface area contributed by atoms with E-state index < -0.39 is 12.8 Å². The molecule has 0 spiro atoms. The highest BCUT2D eigenvalue weighted by Gasteiger charge is 2.41. The van der Waals surface area contributed by atoms with Gasteiger partial charge >= 0.3 is 5.97 Å². The van der Waals surface area contributed by atoms with Gasteiger partial charge in [-0.15, -0.1) is 0 Å². The summed E-state index contributed by atoms with van der Waals surface area (Å²) in [5, 5.41) is 8.68. The van der Waals surface area contributed by atoms with Gasteiger partial charge in [0.2, 0.25) is 0 Å². The number of allylic oxidation sites excluding steroid dienone is 2. The van der Waals surface area contributed by atoms with E-state index in [1.165, 1.54) is 0 Å². The van der Waals surface area contributed by atoms with E-state index >= 15 is 0 Å². The Morgan fingerprint density at radius 1 is 1.50 bits per heavy atom. The maximum Gasteiger partial charge on any atom is 0.309 e. The van der Waals surface area contributed by atoms with Gasteiger partial charge in [0.05, 0.1) is 5.92 Å². The van der Waals surface area contributed by atoms with Crippen LogP contribution in [0.2, 0.25) is 0 Å². The Morgan fingerprint density at radius 3 is 2.81 bits per heavy atom. The van der Waals surface area contributed by atoms with Crippen molar-refractivity contribution in [1.29, 1.82) is 0 Å². The van der Waals surface area contributed by atoms with Crippen LogP contribution in [0.3, 0.4) is 0 Å². The second kappa shape index (κ2) is 4.95. The van der Waals surface area contributed by atoms with Crippen LogP contribution >= 0.6 is 0 Å². The number of carbonyl (C=O) groups is 1. The van der Waals surface area contributed by atoms with Crippen molar-refractivity contribution in [3.05, 3.63) is 12.2 Å². The fourth-order valence-corrected chi connectivity index (χ4v) is 2.61. The lowest BCUT2D eigenvalue weighted by atomic mass is 9.94. The molecule has 1 fully saturated rings. The molecule has 0 aromatic carbocycles. The summed E-state index contributed by atoms with van der Waals surface area (Å²) < 4.78 is 17.5. The zero-order valence-corrected chi connectivity index (χ0v) is 9.14. The molecule has 2 bridgehead atoms. The van der Waals surface area contributed by atoms with E-state index in [4.69, 9.17) is 9.84 Å². The number of hydrogen-bond acceptors (Lipinski definition) is 3. The Bertz CT molecular complexity index is 290. The van der Waals surface area contributed by atoms with E-state index in [1.54, 1.807) is 0 Å². The van der Waals surface area contributed by atoms with Crippen molar-refractivity contribution < 1.29 is 19.0 Å². The quantitative estimate of drug-likeness (QED) is 0.572. The number of ether oxygens (including phenoxy) is 1. The highest BCUT2D eigenvalue weighted by atomic mass is 19.1. The first-order chi connectivity index (χ1) is 7.74. The first kappa shape index (κ1) is 11.6. The zero-order valence-electron chi connectivity index (χ0n) is 9.14. The van der Waals surface area contributed by atoms with Crippen molar-refractivity contribution in [2.75, 3.05) is 13.3 Å². The lowest BCUT2D eigenvalue weighted by Gasteiger charge is -2.20. The van der Waals surface area contributed by atoms with Crippen LogP contribution in [0.5, 0.6) is 0 Å². The van der Waals surface area contributed by atoms with Crippen molar-refractivity contribution in [2.24, 2.45) is 17.8 Å². The molecule has 16 heavy (non-hydrogen) atoms. The Hall–Kier alpha value is -0.900. The molecule has 2 aliphatic carbocycles. The molecule has 2 rings (SSSR count). The van der Waals surface area contributed by atoms with Crippen molar-refractivity contribution in [3.8, 4) is 0 Å². The first-order valence-electron chi connectivity index (χ1n) is 5.80. The van der Waals surface area contributed by atoms with Gasteiger partial charge in [-0.1, -0.05) is 12.2 Å². The fourth-order valence-electron chi connectivity index (χ4n) is 2.61. The lowest BCUT2D eigenvalue weighted by molar-refractivity contribution is -0.156. The molecule has 0 aliphatic heterocycles. The van der Waals surface area contributed by atoms with Gasteiger partial charge in [0, 0.05) is 13.0 Å². The van der Waals surface area contributed by atoms with Crippen LogP contribution in [-0.2, 0) is 9.53 Å². The van der Waals surface area contributed by atoms with Crippen LogP contribution in [-0.4, -0.2) is 30.5 Å². The predicted octanol–water partition coefficient (Wildman–Crippen LogP) is 1.46. The molecule has 0 aromatic rings. The van der Waals surface area contributed by atoms with Crippen LogP contribution in [0.1, 0.15) is 19.3 Å². The molecule has 0 radical (unpaired) electrons. The van der Waals surface area contributed by atoms with E-state index in [0.717, 1.165) is 12.8 Å². The number of esters is 1. The molecule has 1 saturated carbocycles. The number of alkyl halides is 1. The predicted molar refractivity (Wildman–Crippen MR) is 56.4 cm³/mol. The lowest BCUT2D eigenvalue weighted by Crippen LogP contribution is -2.28. The molecule has 4 heteroatoms. The average Bonchev–Trinajstić information content (AvgIpc) is 2.89. The molecule has 0 heterocycles. The molecule has 4 atom stereocenters. The minimum Gasteiger partial charge on any atom is -0.459 e. The van der Waals surface area contributed by atoms with Gasteiger partial charge in [0.25, 0.3) is 0 Å². The summed E-state index contributed by atoms with van der Waals surface area (Å²) in [7, 11) is 0. The summed E-state index contributed by atoms with van der Waals surface area (Å²) in [5.74, 6) is 0.395. The molecular formula is C12H17FO3. The van der Waals surface area contributed by atoms with E-state index in [-0.39, 0.29) is 30.8 Å². The average molecular weight is 228 g/mol. The second-order valence-electron chi connectivity index (χ2n) is 4.61. The van der Waals surface area contributed by atoms with E-state index in [9.17, 15) is 9.18 Å². The molecule has 0 saturated heterocycles. The molecule has 2 aliphatic rings. The minimum absolute atomic E-state index is 0.0947. The Labute approximate surface area is 94.3 Å². The monoisotopic (exact) mass is 228 g/mol. The Kier molecular flexibility index (Phi) is 3.59. The third-order valence-corrected chi connectivity index (χ3v) is 3.49. The SMILES string of the molecule is O=C(OC(CF)CCO)C1CC2C=CC1C2. The van der Waals surface area contributed by atoms with Gasteiger partial charge < -0.3 is 9.84 Å². The highest BCUT2D eigenvalue weighted by Crippen LogP contribution is 2.44. The van der Waals surface area contributed by atoms with E-state index in [1.807, 2.05) is 0 Å². The number of hydrogen-bond donors (Lipinski definition) is 1. The summed E-state index contributed by atoms with van der Waals surface area (Å²) in [6.45, 7) is -0.874. The number of carbonyl (C=O) groups excluding carboxylic acids is 1. The minimum atomic E-state index is -0.777. The van der Waals surface area contributed by atoms with Crippen LogP contribution in [0, 0.1) is 17.8 Å². The van der Waals surface area contributed by atoms with Crippen molar-refractivity contribution in [3.63, 3.8) is 0 Å². The summed E-state index contributed by atoms with van der Waals surface area (Å²) >= 11 is 0. The number of aliphatic hydroxyl groups is 1. The van der Waals surface area contributed by atoms with Crippen molar-refractivity contribution in [1.82, 2.24) is 0 Å². The third kappa shape index (κ3) is 2.26. The maximum atomic E-state index is 12.5. The zero-order chi connectivity index (χ0) is 11.5. The van der Waals surface area contributed by atoms with Crippen molar-refractivity contribution in [2.45, 2.75) is 25.4 Å². The van der Waals surface area contributed by atoms with E-state index in [2.05, 4.69) is 12.2 Å². The van der Waals surface area contributed by atoms with Crippen molar-refractivity contribution >= 4 is 5.97 Å². The Morgan fingerprint density at radius 2 is 2.31 bits per heavy atom. The van der Waals surface area contributed by atoms with Crippen LogP contribution in [0.15, 0.2) is 12.2 Å². The molecular weight excluding hydrogens is 211 g/mol. The summed E-state index contributed by atoms with van der Waals surface area (Å²) in [5.41, 5.74) is 0. The van der Waals surface area contributed by atoms with Gasteiger partial charge in [0.15, 0.2) is 0 Å². The topological polar surface area (TPSA) is 46.5 Å². The maximum absolute atomic E-state index is 12.5. The van der Waals surface area contributed by atoms with Crippen LogP contribution in [0.25, 0.3) is 0 Å². The third-order valence-electron chi connectivity index (χ3n) is 3.49. The van der Waals surface area contributed by atoms with Crippen LogP contribution < -0.4 is 0 Å². The van der Waals surface area contributed by atoms with Gasteiger partial charge in [-0.3, -0.25) is 4.79 Å². The standard InChI is InChI=1S/C12H17FO3/c13-7-10(3-4-14)16-12(15)11-6-8-1-2-9(11)5-8/h1-2,8-11,14H,3-7H2. The van der Waals surface area contributed by atoms with Gasteiger partial charge in [0.1, 0.15) is 12.8 Å². The van der Waals surface area contributed by atoms with Crippen LogP contribution in [0.4, 0.5) is 4.39 Å². The normalized spacial score (nSPS) is 33.0. The largest absolute Gasteiger partial charge is 0.459 e. The summed E-state index contributed by atoms with van der Waals surface area (Å²) in [6.07, 6.45) is 5.48. The van der Waals surface area contributed by atoms with Gasteiger partial charge in [-0.2, -0.15) is 0 Å². The second-order valence-corrected chi connectivity index (χ2v) is 4.61. The number of halogens is 1. The molecule has 3 nitrogen and oxygen atoms in total. The molecule has 90 valence electrons. The smallest absolute Gasteiger partial charge is 0.309 e. The van der Waals surface area contributed by atoms with Gasteiger partial charge in [-0.25, -0.2) is 4.39 Å². The molecule has 1 N–H and O–H groups in total. The van der Waals surface area contributed by atoms with Gasteiger partial charge in [-0.05, 0) is 24.7 Å². The first-order valence-corrected chi connectivity index (χ1v) is 5.80.